The lowest BCUT2D eigenvalue weighted by Gasteiger charge is -2.10. The van der Waals surface area contributed by atoms with E-state index in [2.05, 4.69) is 25.6 Å². The molecular formula is C23H20N6O3. The molecule has 0 aliphatic heterocycles. The van der Waals surface area contributed by atoms with Crippen molar-refractivity contribution in [3.8, 4) is 22.5 Å². The molecule has 1 amide bonds. The highest BCUT2D eigenvalue weighted by Crippen LogP contribution is 2.28. The first-order chi connectivity index (χ1) is 15.4. The van der Waals surface area contributed by atoms with Crippen LogP contribution in [0.2, 0.25) is 0 Å². The molecular weight excluding hydrogens is 408 g/mol. The summed E-state index contributed by atoms with van der Waals surface area (Å²) in [7, 11) is 0. The number of hydrogen-bond acceptors (Lipinski definition) is 7. The molecule has 4 aromatic heterocycles. The van der Waals surface area contributed by atoms with Gasteiger partial charge < -0.3 is 14.4 Å². The van der Waals surface area contributed by atoms with Crippen LogP contribution in [0.3, 0.4) is 0 Å². The summed E-state index contributed by atoms with van der Waals surface area (Å²) in [6, 6.07) is 9.43. The number of fused-ring (bicyclic) bond motifs is 1. The van der Waals surface area contributed by atoms with Crippen molar-refractivity contribution >= 4 is 17.2 Å². The molecule has 0 unspecified atom stereocenters. The van der Waals surface area contributed by atoms with Gasteiger partial charge in [0.05, 0.1) is 11.9 Å². The fourth-order valence-electron chi connectivity index (χ4n) is 3.69. The summed E-state index contributed by atoms with van der Waals surface area (Å²) in [6.07, 6.45) is 3.43. The van der Waals surface area contributed by atoms with Crippen molar-refractivity contribution in [1.29, 1.82) is 0 Å². The number of benzene rings is 1. The fraction of sp³-hybridized carbons (Fsp3) is 0.174. The van der Waals surface area contributed by atoms with Crippen molar-refractivity contribution in [2.45, 2.75) is 27.7 Å². The maximum atomic E-state index is 13.2. The van der Waals surface area contributed by atoms with Gasteiger partial charge in [-0.3, -0.25) is 9.20 Å². The van der Waals surface area contributed by atoms with Gasteiger partial charge in [0.15, 0.2) is 0 Å². The third kappa shape index (κ3) is 3.33. The van der Waals surface area contributed by atoms with Gasteiger partial charge in [-0.2, -0.15) is 4.98 Å². The molecule has 0 atom stereocenters. The average Bonchev–Trinajstić information content (AvgIpc) is 3.48. The molecule has 5 rings (SSSR count). The van der Waals surface area contributed by atoms with Crippen LogP contribution in [-0.2, 0) is 0 Å². The summed E-state index contributed by atoms with van der Waals surface area (Å²) in [5.41, 5.74) is 5.99. The van der Waals surface area contributed by atoms with E-state index < -0.39 is 0 Å². The van der Waals surface area contributed by atoms with Gasteiger partial charge in [-0.1, -0.05) is 22.4 Å². The molecule has 4 heterocycles. The second-order valence-electron chi connectivity index (χ2n) is 7.61. The summed E-state index contributed by atoms with van der Waals surface area (Å²) in [6.45, 7) is 7.40. The molecule has 0 aliphatic carbocycles. The normalized spacial score (nSPS) is 11.2. The highest BCUT2D eigenvalue weighted by molar-refractivity contribution is 6.04. The predicted molar refractivity (Wildman–Crippen MR) is 117 cm³/mol. The van der Waals surface area contributed by atoms with Crippen molar-refractivity contribution in [2.75, 3.05) is 5.32 Å². The first-order valence-electron chi connectivity index (χ1n) is 10.0. The largest absolute Gasteiger partial charge is 0.361 e. The van der Waals surface area contributed by atoms with Crippen LogP contribution in [0.25, 0.3) is 28.2 Å². The summed E-state index contributed by atoms with van der Waals surface area (Å²) in [5, 5.41) is 11.0. The lowest BCUT2D eigenvalue weighted by molar-refractivity contribution is 0.102. The zero-order chi connectivity index (χ0) is 22.4. The van der Waals surface area contributed by atoms with Crippen molar-refractivity contribution in [3.05, 3.63) is 71.3 Å². The van der Waals surface area contributed by atoms with Crippen LogP contribution in [0, 0.1) is 27.7 Å². The second-order valence-corrected chi connectivity index (χ2v) is 7.61. The zero-order valence-corrected chi connectivity index (χ0v) is 18.0. The summed E-state index contributed by atoms with van der Waals surface area (Å²) < 4.78 is 12.1. The molecule has 5 aromatic rings. The Balaban J connectivity index is 1.50. The number of pyridine rings is 1. The van der Waals surface area contributed by atoms with E-state index in [1.54, 1.807) is 17.5 Å². The van der Waals surface area contributed by atoms with E-state index >= 15 is 0 Å². The number of rotatable bonds is 4. The lowest BCUT2D eigenvalue weighted by Crippen LogP contribution is -2.15. The molecule has 1 aromatic carbocycles. The summed E-state index contributed by atoms with van der Waals surface area (Å²) in [4.78, 5) is 21.8. The number of imidazole rings is 1. The highest BCUT2D eigenvalue weighted by atomic mass is 16.5. The molecule has 0 radical (unpaired) electrons. The zero-order valence-electron chi connectivity index (χ0n) is 18.0. The molecule has 0 fully saturated rings. The van der Waals surface area contributed by atoms with Gasteiger partial charge in [0.2, 0.25) is 11.7 Å². The van der Waals surface area contributed by atoms with Gasteiger partial charge in [0, 0.05) is 35.5 Å². The minimum atomic E-state index is -0.280. The van der Waals surface area contributed by atoms with Crippen molar-refractivity contribution in [3.63, 3.8) is 0 Å². The predicted octanol–water partition coefficient (Wildman–Crippen LogP) is 4.53. The number of amides is 1. The Morgan fingerprint density at radius 1 is 1.00 bits per heavy atom. The standard InChI is InChI=1S/C23H20N6O3/c1-12-5-6-16(22-25-15(4)32-28-22)9-18(12)26-23(30)19-10-24-20-8-7-17(11-29(19)20)21-13(2)27-31-14(21)3/h5-11H,1-4H3,(H,26,30). The number of aromatic nitrogens is 5. The molecule has 0 saturated heterocycles. The number of carbonyl (C=O) groups excluding carboxylic acids is 1. The highest BCUT2D eigenvalue weighted by Gasteiger charge is 2.17. The first-order valence-corrected chi connectivity index (χ1v) is 10.0. The van der Waals surface area contributed by atoms with E-state index in [-0.39, 0.29) is 5.91 Å². The van der Waals surface area contributed by atoms with Crippen molar-refractivity contribution in [2.24, 2.45) is 0 Å². The smallest absolute Gasteiger partial charge is 0.274 e. The molecule has 0 spiro atoms. The van der Waals surface area contributed by atoms with Gasteiger partial charge in [-0.05, 0) is 44.5 Å². The Labute approximate surface area is 183 Å². The number of anilines is 1. The summed E-state index contributed by atoms with van der Waals surface area (Å²) in [5.74, 6) is 1.39. The molecule has 0 bridgehead atoms. The van der Waals surface area contributed by atoms with Crippen LogP contribution in [-0.4, -0.2) is 30.6 Å². The quantitative estimate of drug-likeness (QED) is 0.448. The number of nitrogens with one attached hydrogen (secondary N) is 1. The molecule has 32 heavy (non-hydrogen) atoms. The van der Waals surface area contributed by atoms with E-state index in [1.165, 1.54) is 0 Å². The maximum Gasteiger partial charge on any atom is 0.274 e. The van der Waals surface area contributed by atoms with Gasteiger partial charge in [0.25, 0.3) is 5.91 Å². The van der Waals surface area contributed by atoms with Gasteiger partial charge in [-0.15, -0.1) is 0 Å². The third-order valence-corrected chi connectivity index (χ3v) is 5.33. The first kappa shape index (κ1) is 19.7. The van der Waals surface area contributed by atoms with Crippen LogP contribution in [0.15, 0.2) is 51.8 Å². The van der Waals surface area contributed by atoms with Gasteiger partial charge in [-0.25, -0.2) is 4.98 Å². The number of nitrogens with zero attached hydrogens (tertiary/aromatic N) is 5. The van der Waals surface area contributed by atoms with E-state index in [1.807, 2.05) is 57.3 Å². The van der Waals surface area contributed by atoms with Crippen LogP contribution in [0.1, 0.15) is 33.4 Å². The minimum Gasteiger partial charge on any atom is -0.361 e. The fourth-order valence-corrected chi connectivity index (χ4v) is 3.69. The molecule has 0 saturated carbocycles. The Morgan fingerprint density at radius 3 is 2.53 bits per heavy atom. The van der Waals surface area contributed by atoms with E-state index in [4.69, 9.17) is 9.05 Å². The molecule has 0 aliphatic rings. The van der Waals surface area contributed by atoms with Crippen LogP contribution < -0.4 is 5.32 Å². The van der Waals surface area contributed by atoms with Crippen LogP contribution in [0.4, 0.5) is 5.69 Å². The van der Waals surface area contributed by atoms with Crippen LogP contribution >= 0.6 is 0 Å². The number of carbonyl (C=O) groups is 1. The van der Waals surface area contributed by atoms with Gasteiger partial charge >= 0.3 is 0 Å². The van der Waals surface area contributed by atoms with Crippen molar-refractivity contribution in [1.82, 2.24) is 24.7 Å². The van der Waals surface area contributed by atoms with Gasteiger partial charge in [0.1, 0.15) is 17.1 Å². The number of hydrogen-bond donors (Lipinski definition) is 1. The topological polar surface area (TPSA) is 111 Å². The molecule has 9 heteroatoms. The van der Waals surface area contributed by atoms with E-state index in [0.717, 1.165) is 33.7 Å². The average molecular weight is 428 g/mol. The Bertz CT molecular complexity index is 1460. The monoisotopic (exact) mass is 428 g/mol. The lowest BCUT2D eigenvalue weighted by atomic mass is 10.1. The molecule has 9 nitrogen and oxygen atoms in total. The van der Waals surface area contributed by atoms with Crippen molar-refractivity contribution < 1.29 is 13.8 Å². The Hall–Kier alpha value is -4.27. The summed E-state index contributed by atoms with van der Waals surface area (Å²) >= 11 is 0. The van der Waals surface area contributed by atoms with E-state index in [9.17, 15) is 4.79 Å². The molecule has 160 valence electrons. The number of aryl methyl sites for hydroxylation is 4. The Morgan fingerprint density at radius 2 is 1.81 bits per heavy atom. The third-order valence-electron chi connectivity index (χ3n) is 5.33. The SMILES string of the molecule is Cc1nc(-c2ccc(C)c(NC(=O)c3cnc4ccc(-c5c(C)noc5C)cn34)c2)no1. The van der Waals surface area contributed by atoms with E-state index in [0.29, 0.717) is 28.7 Å². The Kier molecular flexibility index (Phi) is 4.58. The maximum absolute atomic E-state index is 13.2. The minimum absolute atomic E-state index is 0.280. The molecule has 1 N–H and O–H groups in total. The van der Waals surface area contributed by atoms with Crippen LogP contribution in [0.5, 0.6) is 0 Å². The second kappa shape index (κ2) is 7.45.